The predicted molar refractivity (Wildman–Crippen MR) is 246 cm³/mol. The molecule has 2 aliphatic rings. The Morgan fingerprint density at radius 3 is 1.59 bits per heavy atom. The van der Waals surface area contributed by atoms with Crippen molar-refractivity contribution in [3.8, 4) is 44.8 Å². The number of nitrogens with zero attached hydrogens (tertiary/aromatic N) is 2. The van der Waals surface area contributed by atoms with Crippen molar-refractivity contribution in [2.45, 2.75) is 12.8 Å². The minimum atomic E-state index is 0.606. The fourth-order valence-corrected chi connectivity index (χ4v) is 9.57. The van der Waals surface area contributed by atoms with Gasteiger partial charge in [-0.3, -0.25) is 0 Å². The number of para-hydroxylation sites is 4. The van der Waals surface area contributed by atoms with Crippen molar-refractivity contribution in [1.82, 2.24) is 9.13 Å². The van der Waals surface area contributed by atoms with Gasteiger partial charge in [0.15, 0.2) is 0 Å². The second kappa shape index (κ2) is 13.2. The quantitative estimate of drug-likeness (QED) is 0.175. The van der Waals surface area contributed by atoms with Gasteiger partial charge in [-0.1, -0.05) is 128 Å². The summed E-state index contributed by atoms with van der Waals surface area (Å²) in [7, 11) is 0. The Kier molecular flexibility index (Phi) is 7.51. The summed E-state index contributed by atoms with van der Waals surface area (Å²) < 4.78 is 11.1. The fraction of sp³-hybridized carbons (Fsp3) is 0.0357. The van der Waals surface area contributed by atoms with Crippen LogP contribution in [0.5, 0.6) is 5.75 Å². The van der Waals surface area contributed by atoms with Crippen molar-refractivity contribution in [2.24, 2.45) is 0 Å². The minimum Gasteiger partial charge on any atom is -0.458 e. The molecule has 3 heterocycles. The second-order valence-electron chi connectivity index (χ2n) is 15.8. The second-order valence-corrected chi connectivity index (χ2v) is 15.8. The van der Waals surface area contributed by atoms with Gasteiger partial charge in [0.1, 0.15) is 11.5 Å². The van der Waals surface area contributed by atoms with Gasteiger partial charge in [0.25, 0.3) is 0 Å². The molecule has 1 aliphatic carbocycles. The zero-order chi connectivity index (χ0) is 39.0. The topological polar surface area (TPSA) is 19.1 Å². The third-order valence-electron chi connectivity index (χ3n) is 12.4. The first-order valence-electron chi connectivity index (χ1n) is 20.4. The number of benzene rings is 8. The van der Waals surface area contributed by atoms with Crippen LogP contribution in [0.25, 0.3) is 88.4 Å². The molecule has 2 aromatic heterocycles. The van der Waals surface area contributed by atoms with Gasteiger partial charge >= 0.3 is 0 Å². The van der Waals surface area contributed by atoms with Crippen LogP contribution in [0.1, 0.15) is 16.7 Å². The Labute approximate surface area is 342 Å². The molecule has 10 aromatic rings. The first-order chi connectivity index (χ1) is 29.1. The van der Waals surface area contributed by atoms with Crippen LogP contribution in [0.4, 0.5) is 0 Å². The lowest BCUT2D eigenvalue weighted by molar-refractivity contribution is 0.443. The highest BCUT2D eigenvalue weighted by Gasteiger charge is 2.22. The van der Waals surface area contributed by atoms with E-state index in [4.69, 9.17) is 4.74 Å². The average Bonchev–Trinajstić information content (AvgIpc) is 3.95. The largest absolute Gasteiger partial charge is 0.458 e. The standard InChI is InChI=1S/C56H38N2O/c1-36-21-27-44(57-52-17-6-2-13-46(52)47-14-3-7-18-53(47)57)28-25-43-32-39(26-30-56(43)59-36)37-11-10-12-38(31-37)40-22-23-41-33-42-24-29-45(35-51(42)50(41)34-40)58-54-19-8-4-15-48(54)49-16-5-9-20-55(49)58/h2-24,26-32,34-35H,1,25,33H2/b27-21-,44-28+. The summed E-state index contributed by atoms with van der Waals surface area (Å²) in [5.41, 5.74) is 18.3. The van der Waals surface area contributed by atoms with Crippen LogP contribution < -0.4 is 4.74 Å². The highest BCUT2D eigenvalue weighted by Crippen LogP contribution is 2.42. The summed E-state index contributed by atoms with van der Waals surface area (Å²) in [5.74, 6) is 1.44. The van der Waals surface area contributed by atoms with Gasteiger partial charge in [0.2, 0.25) is 0 Å². The summed E-state index contributed by atoms with van der Waals surface area (Å²) in [6, 6.07) is 64.2. The van der Waals surface area contributed by atoms with Crippen LogP contribution in [0, 0.1) is 0 Å². The molecular weight excluding hydrogens is 717 g/mol. The molecule has 12 rings (SSSR count). The molecule has 59 heavy (non-hydrogen) atoms. The molecule has 0 saturated heterocycles. The van der Waals surface area contributed by atoms with Crippen molar-refractivity contribution in [3.63, 3.8) is 0 Å². The van der Waals surface area contributed by atoms with E-state index in [0.29, 0.717) is 12.2 Å². The Morgan fingerprint density at radius 2 is 0.949 bits per heavy atom. The number of rotatable bonds is 4. The summed E-state index contributed by atoms with van der Waals surface area (Å²) in [4.78, 5) is 0. The smallest absolute Gasteiger partial charge is 0.130 e. The molecule has 8 aromatic carbocycles. The minimum absolute atomic E-state index is 0.606. The predicted octanol–water partition coefficient (Wildman–Crippen LogP) is 14.3. The van der Waals surface area contributed by atoms with E-state index in [1.165, 1.54) is 88.2 Å². The van der Waals surface area contributed by atoms with Crippen LogP contribution in [0.15, 0.2) is 206 Å². The van der Waals surface area contributed by atoms with E-state index in [0.717, 1.165) is 29.0 Å². The zero-order valence-electron chi connectivity index (χ0n) is 32.4. The number of hydrogen-bond donors (Lipinski definition) is 0. The molecule has 3 nitrogen and oxygen atoms in total. The van der Waals surface area contributed by atoms with Crippen LogP contribution >= 0.6 is 0 Å². The fourth-order valence-electron chi connectivity index (χ4n) is 9.57. The Morgan fingerprint density at radius 1 is 0.424 bits per heavy atom. The van der Waals surface area contributed by atoms with Gasteiger partial charge < -0.3 is 13.9 Å². The number of allylic oxidation sites excluding steroid dienone is 4. The van der Waals surface area contributed by atoms with Crippen LogP contribution in [-0.2, 0) is 12.8 Å². The van der Waals surface area contributed by atoms with Crippen molar-refractivity contribution in [3.05, 3.63) is 223 Å². The monoisotopic (exact) mass is 754 g/mol. The summed E-state index contributed by atoms with van der Waals surface area (Å²) in [5, 5.41) is 5.04. The molecule has 0 spiro atoms. The van der Waals surface area contributed by atoms with Crippen molar-refractivity contribution in [1.29, 1.82) is 0 Å². The number of hydrogen-bond acceptors (Lipinski definition) is 1. The van der Waals surface area contributed by atoms with Gasteiger partial charge in [0, 0.05) is 32.9 Å². The summed E-state index contributed by atoms with van der Waals surface area (Å²) in [6.07, 6.45) is 8.06. The van der Waals surface area contributed by atoms with Gasteiger partial charge in [-0.05, 0) is 136 Å². The Bertz CT molecular complexity index is 3340. The van der Waals surface area contributed by atoms with E-state index in [1.807, 2.05) is 6.08 Å². The molecule has 0 fully saturated rings. The summed E-state index contributed by atoms with van der Waals surface area (Å²) in [6.45, 7) is 4.26. The van der Waals surface area contributed by atoms with Crippen molar-refractivity contribution < 1.29 is 4.74 Å². The number of ether oxygens (including phenoxy) is 1. The molecular formula is C56H38N2O. The van der Waals surface area contributed by atoms with Crippen molar-refractivity contribution in [2.75, 3.05) is 0 Å². The van der Waals surface area contributed by atoms with E-state index < -0.39 is 0 Å². The maximum absolute atomic E-state index is 6.36. The maximum Gasteiger partial charge on any atom is 0.130 e. The molecule has 0 amide bonds. The van der Waals surface area contributed by atoms with E-state index in [1.54, 1.807) is 0 Å². The molecule has 0 bridgehead atoms. The van der Waals surface area contributed by atoms with Gasteiger partial charge in [-0.2, -0.15) is 0 Å². The maximum atomic E-state index is 6.36. The number of aromatic nitrogens is 2. The molecule has 0 radical (unpaired) electrons. The average molecular weight is 755 g/mol. The zero-order valence-corrected chi connectivity index (χ0v) is 32.4. The van der Waals surface area contributed by atoms with E-state index in [2.05, 4.69) is 204 Å². The SMILES string of the molecule is C=C1/C=C\C(n2c3ccccc3c3ccccc32)=C/Cc2cc(-c3cccc(-c4ccc5c(c4)-c4cc(-n6c7ccccc7c7ccccc76)ccc4C5)c3)ccc2O1. The summed E-state index contributed by atoms with van der Waals surface area (Å²) >= 11 is 0. The van der Waals surface area contributed by atoms with Crippen LogP contribution in [-0.4, -0.2) is 9.13 Å². The highest BCUT2D eigenvalue weighted by atomic mass is 16.5. The van der Waals surface area contributed by atoms with Gasteiger partial charge in [0.05, 0.1) is 22.1 Å². The lowest BCUT2D eigenvalue weighted by atomic mass is 9.95. The van der Waals surface area contributed by atoms with E-state index in [9.17, 15) is 0 Å². The Hall–Kier alpha value is -7.62. The third-order valence-corrected chi connectivity index (χ3v) is 12.4. The Balaban J connectivity index is 0.900. The number of fused-ring (bicyclic) bond motifs is 10. The molecule has 1 aliphatic heterocycles. The lowest BCUT2D eigenvalue weighted by Gasteiger charge is -2.13. The van der Waals surface area contributed by atoms with E-state index in [-0.39, 0.29) is 0 Å². The van der Waals surface area contributed by atoms with Crippen LogP contribution in [0.3, 0.4) is 0 Å². The molecule has 0 atom stereocenters. The van der Waals surface area contributed by atoms with Gasteiger partial charge in [-0.15, -0.1) is 0 Å². The molecule has 0 unspecified atom stereocenters. The molecule has 0 saturated carbocycles. The van der Waals surface area contributed by atoms with Gasteiger partial charge in [-0.25, -0.2) is 0 Å². The molecule has 3 heteroatoms. The van der Waals surface area contributed by atoms with E-state index >= 15 is 0 Å². The van der Waals surface area contributed by atoms with Crippen molar-refractivity contribution >= 4 is 49.3 Å². The first-order valence-corrected chi connectivity index (χ1v) is 20.4. The highest BCUT2D eigenvalue weighted by molar-refractivity contribution is 6.11. The first kappa shape index (κ1) is 33.5. The van der Waals surface area contributed by atoms with Crippen LogP contribution in [0.2, 0.25) is 0 Å². The normalized spacial score (nSPS) is 14.9. The molecule has 278 valence electrons. The molecule has 0 N–H and O–H groups in total. The third kappa shape index (κ3) is 5.43. The lowest BCUT2D eigenvalue weighted by Crippen LogP contribution is -1.96.